The van der Waals surface area contributed by atoms with E-state index >= 15 is 4.39 Å². The van der Waals surface area contributed by atoms with E-state index in [-0.39, 0.29) is 57.9 Å². The van der Waals surface area contributed by atoms with Crippen molar-refractivity contribution in [1.29, 1.82) is 5.26 Å². The van der Waals surface area contributed by atoms with Crippen molar-refractivity contribution < 1.29 is 13.6 Å². The molecule has 2 N–H and O–H groups in total. The van der Waals surface area contributed by atoms with Gasteiger partial charge in [0.25, 0.3) is 5.56 Å². The van der Waals surface area contributed by atoms with Crippen molar-refractivity contribution in [2.75, 3.05) is 36.8 Å². The third kappa shape index (κ3) is 5.27. The first-order valence-corrected chi connectivity index (χ1v) is 14.9. The van der Waals surface area contributed by atoms with Gasteiger partial charge in [-0.05, 0) is 36.6 Å². The quantitative estimate of drug-likeness (QED) is 0.113. The number of hydrogen-bond acceptors (Lipinski definition) is 7. The maximum absolute atomic E-state index is 15.6. The minimum Gasteiger partial charge on any atom is -0.396 e. The Labute approximate surface area is 272 Å². The van der Waals surface area contributed by atoms with Crippen molar-refractivity contribution in [3.05, 3.63) is 84.9 Å². The Morgan fingerprint density at radius 1 is 1.13 bits per heavy atom. The largest absolute Gasteiger partial charge is 0.396 e. The molecule has 45 heavy (non-hydrogen) atoms. The number of nitrogens with zero attached hydrogens (tertiary/aromatic N) is 6. The number of fused-ring (bicyclic) bond motifs is 1. The van der Waals surface area contributed by atoms with Crippen LogP contribution < -0.4 is 16.2 Å². The zero-order valence-electron chi connectivity index (χ0n) is 24.4. The van der Waals surface area contributed by atoms with Crippen LogP contribution in [0.4, 0.5) is 20.2 Å². The van der Waals surface area contributed by atoms with Gasteiger partial charge >= 0.3 is 0 Å². The van der Waals surface area contributed by atoms with E-state index in [1.165, 1.54) is 16.7 Å². The Morgan fingerprint density at radius 3 is 2.38 bits per heavy atom. The Bertz CT molecular complexity index is 1990. The predicted octanol–water partition coefficient (Wildman–Crippen LogP) is 6.41. The number of anilines is 2. The van der Waals surface area contributed by atoms with Gasteiger partial charge < -0.3 is 15.5 Å². The number of carbonyl (C=O) groups excluding carboxylic acids is 1. The van der Waals surface area contributed by atoms with E-state index in [1.807, 2.05) is 13.8 Å². The predicted molar refractivity (Wildman–Crippen MR) is 172 cm³/mol. The summed E-state index contributed by atoms with van der Waals surface area (Å²) < 4.78 is 31.8. The molecule has 3 aromatic heterocycles. The SMILES string of the molecule is C=CC(=O)N1CCN(c2c(C#N)c(=O)n(-c3c(C)ccnc3C(C)C)c3nc(-c4c(N)c(F)c(Cl)c(Cl)c4F)c(Cl)cc23)CC1. The third-order valence-corrected chi connectivity index (χ3v) is 8.83. The minimum absolute atomic E-state index is 0.0127. The normalized spacial score (nSPS) is 13.4. The molecule has 0 spiro atoms. The van der Waals surface area contributed by atoms with Crippen LogP contribution in [-0.4, -0.2) is 51.5 Å². The Balaban J connectivity index is 1.93. The van der Waals surface area contributed by atoms with Gasteiger partial charge in [0.1, 0.15) is 22.3 Å². The van der Waals surface area contributed by atoms with Gasteiger partial charge in [0.2, 0.25) is 5.91 Å². The number of halogens is 5. The number of nitrogens with two attached hydrogens (primary N) is 1. The van der Waals surface area contributed by atoms with Crippen molar-refractivity contribution in [2.45, 2.75) is 26.7 Å². The molecule has 1 aromatic carbocycles. The summed E-state index contributed by atoms with van der Waals surface area (Å²) in [5.41, 5.74) is 5.35. The zero-order chi connectivity index (χ0) is 32.9. The van der Waals surface area contributed by atoms with Crippen LogP contribution in [0.1, 0.15) is 36.6 Å². The van der Waals surface area contributed by atoms with Gasteiger partial charge in [0.05, 0.1) is 44.1 Å². The molecule has 0 unspecified atom stereocenters. The molecular formula is C31H26Cl3F2N7O2. The van der Waals surface area contributed by atoms with Crippen molar-refractivity contribution in [2.24, 2.45) is 0 Å². The van der Waals surface area contributed by atoms with Gasteiger partial charge in [-0.1, -0.05) is 55.2 Å². The topological polar surface area (TPSA) is 121 Å². The number of nitriles is 1. The summed E-state index contributed by atoms with van der Waals surface area (Å²) in [5, 5.41) is 9.08. The van der Waals surface area contributed by atoms with Crippen molar-refractivity contribution >= 4 is 63.1 Å². The van der Waals surface area contributed by atoms with E-state index < -0.39 is 38.5 Å². The average molecular weight is 673 g/mol. The van der Waals surface area contributed by atoms with Gasteiger partial charge in [-0.25, -0.2) is 13.8 Å². The molecule has 232 valence electrons. The molecule has 4 heterocycles. The van der Waals surface area contributed by atoms with Crippen LogP contribution in [0.5, 0.6) is 0 Å². The second-order valence-corrected chi connectivity index (χ2v) is 11.9. The lowest BCUT2D eigenvalue weighted by Crippen LogP contribution is -2.49. The van der Waals surface area contributed by atoms with Crippen LogP contribution in [-0.2, 0) is 4.79 Å². The van der Waals surface area contributed by atoms with Crippen molar-refractivity contribution in [1.82, 2.24) is 19.4 Å². The van der Waals surface area contributed by atoms with Gasteiger partial charge in [-0.3, -0.25) is 19.1 Å². The Hall–Kier alpha value is -4.24. The number of hydrogen-bond donors (Lipinski definition) is 1. The summed E-state index contributed by atoms with van der Waals surface area (Å²) in [5.74, 6) is -2.72. The number of amides is 1. The lowest BCUT2D eigenvalue weighted by Gasteiger charge is -2.36. The summed E-state index contributed by atoms with van der Waals surface area (Å²) in [6, 6.07) is 5.19. The molecular weight excluding hydrogens is 647 g/mol. The highest BCUT2D eigenvalue weighted by Gasteiger charge is 2.31. The number of aryl methyl sites for hydroxylation is 1. The molecule has 14 heteroatoms. The molecule has 1 fully saturated rings. The van der Waals surface area contributed by atoms with E-state index in [0.717, 1.165) is 0 Å². The molecule has 5 rings (SSSR count). The standard InChI is InChI=1S/C31H26Cl3F2N7O2/c1-5-19(44)41-8-10-42(11-9-41)29-16-12-18(32)27(20-23(35)21(33)22(34)24(36)25(20)38)40-30(16)43(31(45)17(29)13-37)28-15(4)6-7-39-26(28)14(2)3/h5-7,12,14H,1,8-11,38H2,2-4H3. The highest BCUT2D eigenvalue weighted by Crippen LogP contribution is 2.44. The number of benzene rings is 1. The molecule has 4 aromatic rings. The first-order valence-electron chi connectivity index (χ1n) is 13.8. The average Bonchev–Trinajstić information content (AvgIpc) is 3.02. The molecule has 1 saturated heterocycles. The highest BCUT2D eigenvalue weighted by atomic mass is 35.5. The second kappa shape index (κ2) is 12.3. The van der Waals surface area contributed by atoms with E-state index in [9.17, 15) is 19.2 Å². The molecule has 1 aliphatic heterocycles. The van der Waals surface area contributed by atoms with E-state index in [1.54, 1.807) is 29.0 Å². The smallest absolute Gasteiger partial charge is 0.276 e. The van der Waals surface area contributed by atoms with Crippen LogP contribution in [0, 0.1) is 29.9 Å². The van der Waals surface area contributed by atoms with E-state index in [4.69, 9.17) is 40.5 Å². The maximum Gasteiger partial charge on any atom is 0.276 e. The molecule has 0 atom stereocenters. The lowest BCUT2D eigenvalue weighted by molar-refractivity contribution is -0.126. The van der Waals surface area contributed by atoms with Crippen LogP contribution in [0.3, 0.4) is 0 Å². The van der Waals surface area contributed by atoms with Crippen LogP contribution in [0.2, 0.25) is 15.1 Å². The maximum atomic E-state index is 15.6. The van der Waals surface area contributed by atoms with Gasteiger partial charge in [0.15, 0.2) is 11.6 Å². The first-order chi connectivity index (χ1) is 21.3. The second-order valence-electron chi connectivity index (χ2n) is 10.7. The summed E-state index contributed by atoms with van der Waals surface area (Å²) in [7, 11) is 0. The molecule has 0 saturated carbocycles. The van der Waals surface area contributed by atoms with E-state index in [0.29, 0.717) is 30.0 Å². The van der Waals surface area contributed by atoms with Gasteiger partial charge in [-0.15, -0.1) is 0 Å². The summed E-state index contributed by atoms with van der Waals surface area (Å²) in [4.78, 5) is 39.2. The fraction of sp³-hybridized carbons (Fsp3) is 0.258. The monoisotopic (exact) mass is 671 g/mol. The van der Waals surface area contributed by atoms with Crippen LogP contribution in [0.15, 0.2) is 35.8 Å². The Morgan fingerprint density at radius 2 is 1.78 bits per heavy atom. The third-order valence-electron chi connectivity index (χ3n) is 7.74. The van der Waals surface area contributed by atoms with E-state index in [2.05, 4.69) is 22.6 Å². The molecule has 1 aliphatic rings. The van der Waals surface area contributed by atoms with Crippen molar-refractivity contribution in [3.63, 3.8) is 0 Å². The lowest BCUT2D eigenvalue weighted by atomic mass is 10.0. The zero-order valence-corrected chi connectivity index (χ0v) is 26.7. The van der Waals surface area contributed by atoms with Crippen molar-refractivity contribution in [3.8, 4) is 23.0 Å². The number of aromatic nitrogens is 3. The number of carbonyl (C=O) groups is 1. The molecule has 0 aliphatic carbocycles. The van der Waals surface area contributed by atoms with Gasteiger partial charge in [0, 0.05) is 37.8 Å². The summed E-state index contributed by atoms with van der Waals surface area (Å²) in [6.07, 6.45) is 2.83. The van der Waals surface area contributed by atoms with Crippen LogP contribution in [0.25, 0.3) is 28.0 Å². The minimum atomic E-state index is -1.16. The number of pyridine rings is 3. The fourth-order valence-corrected chi connectivity index (χ4v) is 6.13. The molecule has 0 bridgehead atoms. The van der Waals surface area contributed by atoms with Gasteiger partial charge in [-0.2, -0.15) is 5.26 Å². The number of nitrogen functional groups attached to an aromatic ring is 1. The molecule has 9 nitrogen and oxygen atoms in total. The number of rotatable bonds is 5. The summed E-state index contributed by atoms with van der Waals surface area (Å²) >= 11 is 18.6. The first kappa shape index (κ1) is 32.2. The molecule has 1 amide bonds. The summed E-state index contributed by atoms with van der Waals surface area (Å²) in [6.45, 7) is 10.2. The Kier molecular flexibility index (Phi) is 8.77. The number of piperazine rings is 1. The van der Waals surface area contributed by atoms with Crippen LogP contribution >= 0.6 is 34.8 Å². The fourth-order valence-electron chi connectivity index (χ4n) is 5.52. The highest BCUT2D eigenvalue weighted by molar-refractivity contribution is 6.43. The molecule has 0 radical (unpaired) electrons.